The monoisotopic (exact) mass is 501 g/mol. The van der Waals surface area contributed by atoms with Gasteiger partial charge in [-0.3, -0.25) is 14.7 Å². The van der Waals surface area contributed by atoms with E-state index >= 15 is 0 Å². The van der Waals surface area contributed by atoms with Crippen LogP contribution in [0.1, 0.15) is 45.6 Å². The molecule has 0 radical (unpaired) electrons. The molecule has 6 nitrogen and oxygen atoms in total. The second-order valence-corrected chi connectivity index (χ2v) is 7.37. The van der Waals surface area contributed by atoms with E-state index in [1.807, 2.05) is 13.8 Å². The molecule has 1 aromatic rings. The van der Waals surface area contributed by atoms with Crippen LogP contribution in [0, 0.1) is 0 Å². The highest BCUT2D eigenvalue weighted by Gasteiger charge is 2.24. The summed E-state index contributed by atoms with van der Waals surface area (Å²) in [6, 6.07) is 11.3. The van der Waals surface area contributed by atoms with E-state index in [9.17, 15) is 4.79 Å². The van der Waals surface area contributed by atoms with Crippen molar-refractivity contribution in [1.29, 1.82) is 0 Å². The standard InChI is InChI=1S/C21H35N5O.HI/c1-4-22-21(23-13-12-20(27)25-17(2)3)24-15-19-11-8-14-26(19)16-18-9-6-5-7-10-18;/h5-7,9-10,17,19H,4,8,11-16H2,1-3H3,(H,25,27)(H2,22,23,24);1H. The number of nitrogens with zero attached hydrogens (tertiary/aromatic N) is 2. The van der Waals surface area contributed by atoms with Crippen molar-refractivity contribution in [2.24, 2.45) is 4.99 Å². The molecule has 1 atom stereocenters. The van der Waals surface area contributed by atoms with Gasteiger partial charge in [0, 0.05) is 38.1 Å². The second kappa shape index (κ2) is 13.8. The zero-order valence-corrected chi connectivity index (χ0v) is 19.7. The molecule has 1 saturated heterocycles. The Bertz CT molecular complexity index is 594. The van der Waals surface area contributed by atoms with Gasteiger partial charge in [-0.05, 0) is 45.7 Å². The van der Waals surface area contributed by atoms with Gasteiger partial charge in [-0.25, -0.2) is 0 Å². The van der Waals surface area contributed by atoms with Crippen LogP contribution in [-0.4, -0.2) is 55.0 Å². The minimum Gasteiger partial charge on any atom is -0.357 e. The fraction of sp³-hybridized carbons (Fsp3) is 0.619. The van der Waals surface area contributed by atoms with Crippen LogP contribution in [0.5, 0.6) is 0 Å². The first-order valence-electron chi connectivity index (χ1n) is 10.2. The van der Waals surface area contributed by atoms with Crippen molar-refractivity contribution in [2.45, 2.75) is 58.7 Å². The molecule has 2 rings (SSSR count). The maximum atomic E-state index is 11.8. The average Bonchev–Trinajstić information content (AvgIpc) is 3.07. The molecule has 0 aliphatic carbocycles. The zero-order chi connectivity index (χ0) is 19.5. The number of carbonyl (C=O) groups excluding carboxylic acids is 1. The van der Waals surface area contributed by atoms with Crippen molar-refractivity contribution in [2.75, 3.05) is 26.2 Å². The molecule has 0 bridgehead atoms. The molecule has 0 spiro atoms. The highest BCUT2D eigenvalue weighted by Crippen LogP contribution is 2.20. The van der Waals surface area contributed by atoms with Gasteiger partial charge in [0.1, 0.15) is 0 Å². The maximum absolute atomic E-state index is 11.8. The number of hydrogen-bond acceptors (Lipinski definition) is 3. The number of nitrogens with one attached hydrogen (secondary N) is 3. The molecule has 1 aliphatic heterocycles. The SMILES string of the molecule is CCNC(=NCC1CCCN1Cc1ccccc1)NCCC(=O)NC(C)C.I. The number of rotatable bonds is 9. The summed E-state index contributed by atoms with van der Waals surface area (Å²) in [6.07, 6.45) is 2.87. The number of carbonyl (C=O) groups is 1. The van der Waals surface area contributed by atoms with Crippen LogP contribution in [0.4, 0.5) is 0 Å². The molecule has 28 heavy (non-hydrogen) atoms. The summed E-state index contributed by atoms with van der Waals surface area (Å²) < 4.78 is 0. The van der Waals surface area contributed by atoms with E-state index in [0.29, 0.717) is 19.0 Å². The van der Waals surface area contributed by atoms with Crippen molar-refractivity contribution in [3.8, 4) is 0 Å². The number of amides is 1. The summed E-state index contributed by atoms with van der Waals surface area (Å²) in [4.78, 5) is 19.1. The normalized spacial score (nSPS) is 17.3. The Labute approximate surface area is 187 Å². The van der Waals surface area contributed by atoms with Crippen LogP contribution in [-0.2, 0) is 11.3 Å². The van der Waals surface area contributed by atoms with Gasteiger partial charge in [-0.1, -0.05) is 30.3 Å². The lowest BCUT2D eigenvalue weighted by atomic mass is 10.2. The third kappa shape index (κ3) is 9.23. The maximum Gasteiger partial charge on any atom is 0.221 e. The Morgan fingerprint density at radius 2 is 2.00 bits per heavy atom. The predicted octanol–water partition coefficient (Wildman–Crippen LogP) is 2.74. The van der Waals surface area contributed by atoms with Crippen LogP contribution in [0.3, 0.4) is 0 Å². The molecule has 0 aromatic heterocycles. The van der Waals surface area contributed by atoms with E-state index in [0.717, 1.165) is 32.1 Å². The summed E-state index contributed by atoms with van der Waals surface area (Å²) >= 11 is 0. The van der Waals surface area contributed by atoms with E-state index in [4.69, 9.17) is 4.99 Å². The van der Waals surface area contributed by atoms with Crippen molar-refractivity contribution >= 4 is 35.8 Å². The van der Waals surface area contributed by atoms with E-state index in [1.54, 1.807) is 0 Å². The first kappa shape index (κ1) is 24.7. The minimum absolute atomic E-state index is 0. The number of likely N-dealkylation sites (tertiary alicyclic amines) is 1. The molecular weight excluding hydrogens is 465 g/mol. The summed E-state index contributed by atoms with van der Waals surface area (Å²) in [7, 11) is 0. The average molecular weight is 501 g/mol. The van der Waals surface area contributed by atoms with E-state index in [1.165, 1.54) is 18.4 Å². The number of benzene rings is 1. The van der Waals surface area contributed by atoms with E-state index < -0.39 is 0 Å². The third-order valence-corrected chi connectivity index (χ3v) is 4.63. The van der Waals surface area contributed by atoms with Gasteiger partial charge in [0.25, 0.3) is 0 Å². The Morgan fingerprint density at radius 3 is 2.68 bits per heavy atom. The molecule has 3 N–H and O–H groups in total. The Hall–Kier alpha value is -1.35. The van der Waals surface area contributed by atoms with Crippen molar-refractivity contribution in [3.63, 3.8) is 0 Å². The van der Waals surface area contributed by atoms with Gasteiger partial charge in [0.2, 0.25) is 5.91 Å². The van der Waals surface area contributed by atoms with Crippen molar-refractivity contribution < 1.29 is 4.79 Å². The number of guanidine groups is 1. The molecule has 7 heteroatoms. The molecule has 1 aliphatic rings. The molecular formula is C21H36IN5O. The lowest BCUT2D eigenvalue weighted by Gasteiger charge is -2.23. The van der Waals surface area contributed by atoms with E-state index in [-0.39, 0.29) is 35.9 Å². The first-order valence-corrected chi connectivity index (χ1v) is 10.2. The molecule has 0 saturated carbocycles. The Morgan fingerprint density at radius 1 is 1.25 bits per heavy atom. The molecule has 158 valence electrons. The number of halogens is 1. The van der Waals surface area contributed by atoms with Crippen LogP contribution in [0.2, 0.25) is 0 Å². The minimum atomic E-state index is 0. The van der Waals surface area contributed by atoms with Gasteiger partial charge in [0.15, 0.2) is 5.96 Å². The van der Waals surface area contributed by atoms with Crippen molar-refractivity contribution in [1.82, 2.24) is 20.9 Å². The van der Waals surface area contributed by atoms with Crippen LogP contribution < -0.4 is 16.0 Å². The van der Waals surface area contributed by atoms with Gasteiger partial charge in [-0.2, -0.15) is 0 Å². The molecule has 1 fully saturated rings. The topological polar surface area (TPSA) is 68.8 Å². The van der Waals surface area contributed by atoms with Gasteiger partial charge >= 0.3 is 0 Å². The summed E-state index contributed by atoms with van der Waals surface area (Å²) in [5.41, 5.74) is 1.36. The molecule has 1 aromatic carbocycles. The fourth-order valence-corrected chi connectivity index (χ4v) is 3.35. The molecule has 1 unspecified atom stereocenters. The fourth-order valence-electron chi connectivity index (χ4n) is 3.35. The van der Waals surface area contributed by atoms with Crippen molar-refractivity contribution in [3.05, 3.63) is 35.9 Å². The number of aliphatic imine (C=N–C) groups is 1. The van der Waals surface area contributed by atoms with Crippen LogP contribution in [0.15, 0.2) is 35.3 Å². The highest BCUT2D eigenvalue weighted by atomic mass is 127. The summed E-state index contributed by atoms with van der Waals surface area (Å²) in [5, 5.41) is 9.46. The van der Waals surface area contributed by atoms with Gasteiger partial charge in [-0.15, -0.1) is 24.0 Å². The third-order valence-electron chi connectivity index (χ3n) is 4.63. The van der Waals surface area contributed by atoms with Crippen LogP contribution in [0.25, 0.3) is 0 Å². The smallest absolute Gasteiger partial charge is 0.221 e. The molecule has 1 amide bonds. The molecule has 1 heterocycles. The Balaban J connectivity index is 0.00000392. The van der Waals surface area contributed by atoms with E-state index in [2.05, 4.69) is 58.1 Å². The summed E-state index contributed by atoms with van der Waals surface area (Å²) in [6.45, 7) is 10.3. The second-order valence-electron chi connectivity index (χ2n) is 7.37. The quantitative estimate of drug-likeness (QED) is 0.277. The zero-order valence-electron chi connectivity index (χ0n) is 17.4. The Kier molecular flexibility index (Phi) is 12.1. The largest absolute Gasteiger partial charge is 0.357 e. The highest BCUT2D eigenvalue weighted by molar-refractivity contribution is 14.0. The van der Waals surface area contributed by atoms with Gasteiger partial charge in [0.05, 0.1) is 6.54 Å². The predicted molar refractivity (Wildman–Crippen MR) is 127 cm³/mol. The lowest BCUT2D eigenvalue weighted by molar-refractivity contribution is -0.121. The first-order chi connectivity index (χ1) is 13.1. The lowest BCUT2D eigenvalue weighted by Crippen LogP contribution is -2.41. The number of hydrogen-bond donors (Lipinski definition) is 3. The van der Waals surface area contributed by atoms with Gasteiger partial charge < -0.3 is 16.0 Å². The summed E-state index contributed by atoms with van der Waals surface area (Å²) in [5.74, 6) is 0.861. The van der Waals surface area contributed by atoms with Crippen LogP contribution >= 0.6 is 24.0 Å².